The van der Waals surface area contributed by atoms with Crippen LogP contribution in [-0.4, -0.2) is 36.5 Å². The molecule has 3 nitrogen and oxygen atoms in total. The van der Waals surface area contributed by atoms with E-state index in [9.17, 15) is 4.79 Å². The fourth-order valence-electron chi connectivity index (χ4n) is 2.36. The number of likely N-dealkylation sites (tertiary alicyclic amines) is 1. The van der Waals surface area contributed by atoms with Gasteiger partial charge in [-0.1, -0.05) is 6.08 Å². The third-order valence-electron chi connectivity index (χ3n) is 3.41. The highest BCUT2D eigenvalue weighted by molar-refractivity contribution is 5.87. The monoisotopic (exact) mass is 194 g/mol. The number of likely N-dealkylation sites (N-methyl/N-ethyl adjacent to an activating group) is 1. The predicted octanol–water partition coefficient (Wildman–Crippen LogP) is 0.917. The lowest BCUT2D eigenvalue weighted by Crippen LogP contribution is -2.31. The van der Waals surface area contributed by atoms with Crippen LogP contribution in [0.5, 0.6) is 0 Å². The van der Waals surface area contributed by atoms with Crippen LogP contribution in [0.15, 0.2) is 12.2 Å². The second kappa shape index (κ2) is 3.73. The molecule has 2 rings (SSSR count). The van der Waals surface area contributed by atoms with Crippen LogP contribution in [0.4, 0.5) is 0 Å². The first-order chi connectivity index (χ1) is 6.77. The van der Waals surface area contributed by atoms with E-state index in [1.807, 2.05) is 6.08 Å². The number of hydrogen-bond donors (Lipinski definition) is 1. The number of carbonyl (C=O) groups is 1. The van der Waals surface area contributed by atoms with Crippen molar-refractivity contribution in [3.63, 3.8) is 0 Å². The maximum Gasteiger partial charge on any atom is 0.243 e. The van der Waals surface area contributed by atoms with Crippen molar-refractivity contribution in [2.45, 2.75) is 31.2 Å². The van der Waals surface area contributed by atoms with E-state index < -0.39 is 0 Å². The Morgan fingerprint density at radius 2 is 2.29 bits per heavy atom. The molecule has 1 saturated carbocycles. The molecule has 1 aliphatic carbocycles. The minimum absolute atomic E-state index is 0.00551. The third-order valence-corrected chi connectivity index (χ3v) is 3.41. The lowest BCUT2D eigenvalue weighted by Gasteiger charge is -2.21. The molecule has 2 fully saturated rings. The summed E-state index contributed by atoms with van der Waals surface area (Å²) in [5, 5.41) is 2.58. The van der Waals surface area contributed by atoms with Crippen molar-refractivity contribution in [2.24, 2.45) is 0 Å². The smallest absolute Gasteiger partial charge is 0.243 e. The Kier molecular flexibility index (Phi) is 2.59. The van der Waals surface area contributed by atoms with Crippen molar-refractivity contribution in [2.75, 3.05) is 20.1 Å². The summed E-state index contributed by atoms with van der Waals surface area (Å²) in [4.78, 5) is 13.5. The highest BCUT2D eigenvalue weighted by Gasteiger charge is 2.49. The average molecular weight is 194 g/mol. The molecule has 1 saturated heterocycles. The summed E-state index contributed by atoms with van der Waals surface area (Å²) in [6, 6.07) is 0. The number of nitrogens with one attached hydrogen (secondary N) is 1. The van der Waals surface area contributed by atoms with Crippen LogP contribution in [0.3, 0.4) is 0 Å². The first-order valence-corrected chi connectivity index (χ1v) is 5.40. The first kappa shape index (κ1) is 9.71. The quantitative estimate of drug-likeness (QED) is 0.677. The largest absolute Gasteiger partial charge is 0.356 e. The van der Waals surface area contributed by atoms with Crippen molar-refractivity contribution in [1.82, 2.24) is 10.2 Å². The van der Waals surface area contributed by atoms with Gasteiger partial charge in [0.05, 0.1) is 0 Å². The summed E-state index contributed by atoms with van der Waals surface area (Å²) >= 11 is 0. The van der Waals surface area contributed by atoms with Gasteiger partial charge in [-0.15, -0.1) is 0 Å². The Bertz CT molecular complexity index is 256. The van der Waals surface area contributed by atoms with Gasteiger partial charge < -0.3 is 5.32 Å². The van der Waals surface area contributed by atoms with E-state index in [0.29, 0.717) is 5.54 Å². The Hall–Kier alpha value is -0.830. The maximum absolute atomic E-state index is 10.9. The highest BCUT2D eigenvalue weighted by atomic mass is 16.1. The molecule has 0 bridgehead atoms. The fourth-order valence-corrected chi connectivity index (χ4v) is 2.36. The normalized spacial score (nSPS) is 24.6. The molecule has 1 spiro atoms. The summed E-state index contributed by atoms with van der Waals surface area (Å²) < 4.78 is 0. The number of nitrogens with zero attached hydrogens (tertiary/aromatic N) is 1. The van der Waals surface area contributed by atoms with Crippen molar-refractivity contribution in [3.05, 3.63) is 12.2 Å². The molecule has 14 heavy (non-hydrogen) atoms. The predicted molar refractivity (Wildman–Crippen MR) is 56.0 cm³/mol. The van der Waals surface area contributed by atoms with Crippen LogP contribution in [0.2, 0.25) is 0 Å². The Morgan fingerprint density at radius 1 is 1.50 bits per heavy atom. The second-order valence-corrected chi connectivity index (χ2v) is 4.29. The number of carbonyl (C=O) groups excluding carboxylic acids is 1. The van der Waals surface area contributed by atoms with E-state index in [0.717, 1.165) is 6.54 Å². The van der Waals surface area contributed by atoms with Crippen LogP contribution in [-0.2, 0) is 4.79 Å². The highest BCUT2D eigenvalue weighted by Crippen LogP contribution is 2.49. The minimum Gasteiger partial charge on any atom is -0.356 e. The molecule has 1 heterocycles. The van der Waals surface area contributed by atoms with Gasteiger partial charge in [-0.3, -0.25) is 9.69 Å². The van der Waals surface area contributed by atoms with Crippen molar-refractivity contribution in [3.8, 4) is 0 Å². The molecule has 2 aliphatic rings. The summed E-state index contributed by atoms with van der Waals surface area (Å²) in [6.45, 7) is 2.14. The zero-order chi connectivity index (χ0) is 10.0. The molecule has 1 N–H and O–H groups in total. The second-order valence-electron chi connectivity index (χ2n) is 4.29. The van der Waals surface area contributed by atoms with Gasteiger partial charge in [0.25, 0.3) is 0 Å². The molecule has 3 heteroatoms. The summed E-state index contributed by atoms with van der Waals surface area (Å²) in [7, 11) is 1.66. The Morgan fingerprint density at radius 3 is 2.93 bits per heavy atom. The zero-order valence-corrected chi connectivity index (χ0v) is 8.75. The summed E-state index contributed by atoms with van der Waals surface area (Å²) in [5.74, 6) is -0.00551. The number of rotatable bonds is 3. The molecule has 78 valence electrons. The van der Waals surface area contributed by atoms with Crippen molar-refractivity contribution >= 4 is 5.91 Å². The van der Waals surface area contributed by atoms with Gasteiger partial charge in [0.1, 0.15) is 0 Å². The molecule has 0 aromatic heterocycles. The van der Waals surface area contributed by atoms with E-state index in [1.165, 1.54) is 32.2 Å². The molecule has 0 aromatic carbocycles. The van der Waals surface area contributed by atoms with Gasteiger partial charge in [-0.25, -0.2) is 0 Å². The van der Waals surface area contributed by atoms with Crippen LogP contribution in [0.1, 0.15) is 25.7 Å². The van der Waals surface area contributed by atoms with E-state index in [-0.39, 0.29) is 5.91 Å². The van der Waals surface area contributed by atoms with E-state index >= 15 is 0 Å². The lowest BCUT2D eigenvalue weighted by molar-refractivity contribution is -0.116. The van der Waals surface area contributed by atoms with Crippen LogP contribution in [0, 0.1) is 0 Å². The molecule has 0 aromatic rings. The third kappa shape index (κ3) is 1.82. The van der Waals surface area contributed by atoms with Crippen LogP contribution >= 0.6 is 0 Å². The van der Waals surface area contributed by atoms with E-state index in [2.05, 4.69) is 10.2 Å². The van der Waals surface area contributed by atoms with Gasteiger partial charge >= 0.3 is 0 Å². The average Bonchev–Trinajstić information content (AvgIpc) is 2.84. The number of hydrogen-bond acceptors (Lipinski definition) is 2. The van der Waals surface area contributed by atoms with E-state index in [4.69, 9.17) is 0 Å². The SMILES string of the molecule is CNC(=O)/C=C/CN1CCCC12CC2. The molecular weight excluding hydrogens is 176 g/mol. The molecular formula is C11H18N2O. The molecule has 1 aliphatic heterocycles. The molecule has 0 unspecified atom stereocenters. The topological polar surface area (TPSA) is 32.3 Å². The van der Waals surface area contributed by atoms with Gasteiger partial charge in [0, 0.05) is 25.2 Å². The van der Waals surface area contributed by atoms with Crippen LogP contribution < -0.4 is 5.32 Å². The molecule has 0 radical (unpaired) electrons. The maximum atomic E-state index is 10.9. The van der Waals surface area contributed by atoms with E-state index in [1.54, 1.807) is 13.1 Å². The van der Waals surface area contributed by atoms with Gasteiger partial charge in [0.15, 0.2) is 0 Å². The van der Waals surface area contributed by atoms with Crippen molar-refractivity contribution in [1.29, 1.82) is 0 Å². The lowest BCUT2D eigenvalue weighted by atomic mass is 10.2. The standard InChI is InChI=1S/C11H18N2O/c1-12-10(14)4-2-8-13-9-3-5-11(13)6-7-11/h2,4H,3,5-9H2,1H3,(H,12,14)/b4-2+. The first-order valence-electron chi connectivity index (χ1n) is 5.40. The molecule has 1 amide bonds. The van der Waals surface area contributed by atoms with Gasteiger partial charge in [0.2, 0.25) is 5.91 Å². The Labute approximate surface area is 85.2 Å². The number of amides is 1. The van der Waals surface area contributed by atoms with Gasteiger partial charge in [-0.05, 0) is 32.2 Å². The minimum atomic E-state index is -0.00551. The molecule has 0 atom stereocenters. The summed E-state index contributed by atoms with van der Waals surface area (Å²) in [5.41, 5.74) is 0.549. The summed E-state index contributed by atoms with van der Waals surface area (Å²) in [6.07, 6.45) is 9.02. The zero-order valence-electron chi connectivity index (χ0n) is 8.75. The van der Waals surface area contributed by atoms with Crippen molar-refractivity contribution < 1.29 is 4.79 Å². The van der Waals surface area contributed by atoms with Gasteiger partial charge in [-0.2, -0.15) is 0 Å². The van der Waals surface area contributed by atoms with Crippen LogP contribution in [0.25, 0.3) is 0 Å². The Balaban J connectivity index is 1.80. The fraction of sp³-hybridized carbons (Fsp3) is 0.727.